The fourth-order valence-electron chi connectivity index (χ4n) is 2.19. The fraction of sp³-hybridized carbons (Fsp3) is 0.0952. The largest absolute Gasteiger partial charge is 0.235 e. The molecule has 0 atom stereocenters. The van der Waals surface area contributed by atoms with E-state index in [1.54, 1.807) is 43.5 Å². The van der Waals surface area contributed by atoms with Crippen LogP contribution in [0.15, 0.2) is 65.0 Å². The van der Waals surface area contributed by atoms with Crippen LogP contribution in [-0.2, 0) is 0 Å². The first-order valence-corrected chi connectivity index (χ1v) is 7.93. The number of benzene rings is 2. The molecule has 0 saturated carbocycles. The molecule has 0 unspecified atom stereocenters. The van der Waals surface area contributed by atoms with E-state index >= 15 is 0 Å². The molecule has 3 rings (SSSR count). The van der Waals surface area contributed by atoms with Crippen molar-refractivity contribution in [3.05, 3.63) is 88.6 Å². The summed E-state index contributed by atoms with van der Waals surface area (Å²) in [6, 6.07) is 13.1. The van der Waals surface area contributed by atoms with E-state index in [2.05, 4.69) is 27.1 Å². The molecule has 128 valence electrons. The highest BCUT2D eigenvalue weighted by Crippen LogP contribution is 2.18. The molecule has 3 nitrogen and oxygen atoms in total. The van der Waals surface area contributed by atoms with Crippen LogP contribution in [0.2, 0.25) is 0 Å². The maximum atomic E-state index is 13.8. The highest BCUT2D eigenvalue weighted by atomic mass is 19.1. The van der Waals surface area contributed by atoms with Gasteiger partial charge in [-0.15, -0.1) is 10.2 Å². The molecule has 26 heavy (non-hydrogen) atoms. The van der Waals surface area contributed by atoms with E-state index in [0.29, 0.717) is 22.6 Å². The average molecular weight is 347 g/mol. The lowest BCUT2D eigenvalue weighted by Gasteiger charge is -1.99. The molecular formula is C21H15F2N3. The number of nitrogens with zero attached hydrogens (tertiary/aromatic N) is 3. The fourth-order valence-corrected chi connectivity index (χ4v) is 2.19. The minimum absolute atomic E-state index is 0.232. The van der Waals surface area contributed by atoms with Gasteiger partial charge in [0.05, 0.1) is 11.3 Å². The monoisotopic (exact) mass is 347 g/mol. The second-order valence-electron chi connectivity index (χ2n) is 5.79. The van der Waals surface area contributed by atoms with E-state index in [9.17, 15) is 8.78 Å². The van der Waals surface area contributed by atoms with Crippen molar-refractivity contribution in [3.8, 4) is 11.8 Å². The van der Waals surface area contributed by atoms with Crippen LogP contribution in [-0.4, -0.2) is 4.98 Å². The van der Waals surface area contributed by atoms with Crippen LogP contribution >= 0.6 is 0 Å². The van der Waals surface area contributed by atoms with Crippen LogP contribution < -0.4 is 0 Å². The van der Waals surface area contributed by atoms with Gasteiger partial charge in [0.2, 0.25) is 0 Å². The molecule has 0 aliphatic carbocycles. The van der Waals surface area contributed by atoms with Crippen LogP contribution in [0.5, 0.6) is 0 Å². The molecule has 0 amide bonds. The maximum Gasteiger partial charge on any atom is 0.174 e. The highest BCUT2D eigenvalue weighted by Gasteiger charge is 2.07. The Morgan fingerprint density at radius 3 is 2.12 bits per heavy atom. The Morgan fingerprint density at radius 1 is 0.808 bits per heavy atom. The predicted octanol–water partition coefficient (Wildman–Crippen LogP) is 5.79. The zero-order valence-corrected chi connectivity index (χ0v) is 14.3. The zero-order valence-electron chi connectivity index (χ0n) is 14.3. The summed E-state index contributed by atoms with van der Waals surface area (Å²) in [6.45, 7) is 3.57. The summed E-state index contributed by atoms with van der Waals surface area (Å²) in [5.74, 6) is 4.49. The lowest BCUT2D eigenvalue weighted by Crippen LogP contribution is -1.91. The number of azo groups is 1. The van der Waals surface area contributed by atoms with Gasteiger partial charge in [0.1, 0.15) is 11.6 Å². The van der Waals surface area contributed by atoms with Crippen molar-refractivity contribution >= 4 is 11.5 Å². The number of aromatic nitrogens is 1. The first kappa shape index (κ1) is 17.4. The van der Waals surface area contributed by atoms with E-state index in [1.807, 2.05) is 13.0 Å². The lowest BCUT2D eigenvalue weighted by molar-refractivity contribution is 0.575. The molecular weight excluding hydrogens is 332 g/mol. The Kier molecular flexibility index (Phi) is 5.14. The van der Waals surface area contributed by atoms with Crippen LogP contribution in [0.25, 0.3) is 0 Å². The van der Waals surface area contributed by atoms with Crippen molar-refractivity contribution in [1.82, 2.24) is 4.98 Å². The minimum Gasteiger partial charge on any atom is -0.235 e. The van der Waals surface area contributed by atoms with E-state index in [1.165, 1.54) is 12.1 Å². The summed E-state index contributed by atoms with van der Waals surface area (Å²) in [7, 11) is 0. The Morgan fingerprint density at radius 2 is 1.50 bits per heavy atom. The summed E-state index contributed by atoms with van der Waals surface area (Å²) in [5, 5.41) is 8.15. The molecule has 2 aromatic carbocycles. The van der Waals surface area contributed by atoms with Crippen molar-refractivity contribution in [1.29, 1.82) is 0 Å². The third kappa shape index (κ3) is 4.37. The molecule has 0 aliphatic rings. The molecule has 5 heteroatoms. The summed E-state index contributed by atoms with van der Waals surface area (Å²) in [6.07, 6.45) is 1.72. The molecule has 0 aliphatic heterocycles. The van der Waals surface area contributed by atoms with E-state index < -0.39 is 11.6 Å². The predicted molar refractivity (Wildman–Crippen MR) is 96.7 cm³/mol. The van der Waals surface area contributed by atoms with Crippen LogP contribution in [0.3, 0.4) is 0 Å². The first-order valence-electron chi connectivity index (χ1n) is 7.93. The average Bonchev–Trinajstić information content (AvgIpc) is 2.61. The van der Waals surface area contributed by atoms with Gasteiger partial charge in [-0.05, 0) is 67.4 Å². The standard InChI is InChI=1S/C21H15F2N3/c1-14-3-10-21(24-13-14)26-25-17-7-4-16(5-8-17)6-9-18-19(22)11-15(2)12-20(18)23/h3-5,7-8,10-13H,1-2H3. The van der Waals surface area contributed by atoms with Gasteiger partial charge in [-0.1, -0.05) is 17.9 Å². The first-order chi connectivity index (χ1) is 12.5. The zero-order chi connectivity index (χ0) is 18.5. The molecule has 0 bridgehead atoms. The second kappa shape index (κ2) is 7.66. The number of pyridine rings is 1. The van der Waals surface area contributed by atoms with Gasteiger partial charge < -0.3 is 0 Å². The maximum absolute atomic E-state index is 13.8. The summed E-state index contributed by atoms with van der Waals surface area (Å²) in [5.41, 5.74) is 2.59. The third-order valence-corrected chi connectivity index (χ3v) is 3.55. The van der Waals surface area contributed by atoms with E-state index in [4.69, 9.17) is 0 Å². The number of rotatable bonds is 2. The number of hydrogen-bond donors (Lipinski definition) is 0. The number of halogens is 2. The van der Waals surface area contributed by atoms with Crippen molar-refractivity contribution in [2.45, 2.75) is 13.8 Å². The smallest absolute Gasteiger partial charge is 0.174 e. The van der Waals surface area contributed by atoms with Crippen LogP contribution in [0.1, 0.15) is 22.3 Å². The van der Waals surface area contributed by atoms with Gasteiger partial charge in [0.25, 0.3) is 0 Å². The quantitative estimate of drug-likeness (QED) is 0.427. The summed E-state index contributed by atoms with van der Waals surface area (Å²) < 4.78 is 27.6. The Bertz CT molecular complexity index is 989. The molecule has 0 saturated heterocycles. The molecule has 1 heterocycles. The molecule has 0 fully saturated rings. The Labute approximate surface area is 150 Å². The van der Waals surface area contributed by atoms with Crippen molar-refractivity contribution < 1.29 is 8.78 Å². The van der Waals surface area contributed by atoms with Gasteiger partial charge in [-0.25, -0.2) is 13.8 Å². The minimum atomic E-state index is -0.661. The molecule has 0 spiro atoms. The SMILES string of the molecule is Cc1ccc(N=Nc2ccc(C#Cc3c(F)cc(C)cc3F)cc2)nc1. The van der Waals surface area contributed by atoms with Gasteiger partial charge >= 0.3 is 0 Å². The van der Waals surface area contributed by atoms with Crippen molar-refractivity contribution in [3.63, 3.8) is 0 Å². The van der Waals surface area contributed by atoms with Crippen molar-refractivity contribution in [2.24, 2.45) is 10.2 Å². The molecule has 3 aromatic rings. The Hall–Kier alpha value is -3.39. The summed E-state index contributed by atoms with van der Waals surface area (Å²) >= 11 is 0. The topological polar surface area (TPSA) is 37.6 Å². The van der Waals surface area contributed by atoms with Crippen LogP contribution in [0.4, 0.5) is 20.3 Å². The third-order valence-electron chi connectivity index (χ3n) is 3.55. The Balaban J connectivity index is 1.76. The highest BCUT2D eigenvalue weighted by molar-refractivity contribution is 5.48. The lowest BCUT2D eigenvalue weighted by atomic mass is 10.1. The normalized spacial score (nSPS) is 10.6. The van der Waals surface area contributed by atoms with Crippen molar-refractivity contribution in [2.75, 3.05) is 0 Å². The number of hydrogen-bond acceptors (Lipinski definition) is 3. The van der Waals surface area contributed by atoms with Crippen LogP contribution in [0, 0.1) is 37.3 Å². The van der Waals surface area contributed by atoms with E-state index in [-0.39, 0.29) is 5.56 Å². The van der Waals surface area contributed by atoms with Gasteiger partial charge in [-0.3, -0.25) is 0 Å². The van der Waals surface area contributed by atoms with Gasteiger partial charge in [0.15, 0.2) is 5.82 Å². The van der Waals surface area contributed by atoms with E-state index in [0.717, 1.165) is 5.56 Å². The second-order valence-corrected chi connectivity index (χ2v) is 5.79. The summed E-state index contributed by atoms with van der Waals surface area (Å²) in [4.78, 5) is 4.14. The number of aryl methyl sites for hydroxylation is 2. The molecule has 0 N–H and O–H groups in total. The van der Waals surface area contributed by atoms with Gasteiger partial charge in [-0.2, -0.15) is 0 Å². The van der Waals surface area contributed by atoms with Gasteiger partial charge in [0, 0.05) is 11.8 Å². The molecule has 0 radical (unpaired) electrons. The molecule has 1 aromatic heterocycles.